The third-order valence-corrected chi connectivity index (χ3v) is 3.21. The fourth-order valence-electron chi connectivity index (χ4n) is 1.91. The first kappa shape index (κ1) is 21.8. The summed E-state index contributed by atoms with van der Waals surface area (Å²) in [6.45, 7) is 5.09. The average molecular weight is 346 g/mol. The molecule has 4 atom stereocenters. The smallest absolute Gasteiger partial charge is 0.245 e. The van der Waals surface area contributed by atoms with Crippen molar-refractivity contribution in [1.82, 2.24) is 16.0 Å². The second-order valence-electron chi connectivity index (χ2n) is 5.80. The van der Waals surface area contributed by atoms with Crippen LogP contribution in [-0.2, 0) is 19.2 Å². The molecule has 0 bridgehead atoms. The van der Waals surface area contributed by atoms with Crippen LogP contribution >= 0.6 is 0 Å². The summed E-state index contributed by atoms with van der Waals surface area (Å²) in [6, 6.07) is -3.63. The maximum atomic E-state index is 12.2. The van der Waals surface area contributed by atoms with Crippen molar-refractivity contribution >= 4 is 23.6 Å². The monoisotopic (exact) mass is 346 g/mol. The Labute approximate surface area is 140 Å². The number of hydrogen-bond acceptors (Lipinski definition) is 6. The molecule has 0 aromatic carbocycles. The molecule has 138 valence electrons. The second-order valence-corrected chi connectivity index (χ2v) is 5.80. The lowest BCUT2D eigenvalue weighted by molar-refractivity contribution is -0.136. The summed E-state index contributed by atoms with van der Waals surface area (Å²) < 4.78 is 0. The van der Waals surface area contributed by atoms with Crippen molar-refractivity contribution < 1.29 is 29.4 Å². The Morgan fingerprint density at radius 2 is 1.46 bits per heavy atom. The fraction of sp³-hybridized carbons (Fsp3) is 0.714. The molecule has 0 radical (unpaired) electrons. The van der Waals surface area contributed by atoms with Gasteiger partial charge in [-0.25, -0.2) is 0 Å². The van der Waals surface area contributed by atoms with Gasteiger partial charge in [-0.15, -0.1) is 0 Å². The predicted molar refractivity (Wildman–Crippen MR) is 84.3 cm³/mol. The number of hydrogen-bond donors (Lipinski definition) is 6. The molecule has 10 nitrogen and oxygen atoms in total. The van der Waals surface area contributed by atoms with E-state index in [0.29, 0.717) is 0 Å². The van der Waals surface area contributed by atoms with Crippen molar-refractivity contribution in [3.8, 4) is 0 Å². The minimum Gasteiger partial charge on any atom is -0.394 e. The molecular weight excluding hydrogens is 320 g/mol. The van der Waals surface area contributed by atoms with Crippen molar-refractivity contribution in [2.24, 2.45) is 11.7 Å². The Morgan fingerprint density at radius 3 is 1.79 bits per heavy atom. The second kappa shape index (κ2) is 9.83. The van der Waals surface area contributed by atoms with Crippen LogP contribution in [0.4, 0.5) is 0 Å². The zero-order chi connectivity index (χ0) is 19.0. The highest BCUT2D eigenvalue weighted by Crippen LogP contribution is 2.03. The zero-order valence-electron chi connectivity index (χ0n) is 14.2. The van der Waals surface area contributed by atoms with Crippen molar-refractivity contribution in [1.29, 1.82) is 0 Å². The van der Waals surface area contributed by atoms with Crippen molar-refractivity contribution in [2.45, 2.75) is 51.9 Å². The molecule has 0 aromatic rings. The van der Waals surface area contributed by atoms with Gasteiger partial charge in [0.25, 0.3) is 0 Å². The van der Waals surface area contributed by atoms with Crippen LogP contribution in [0.1, 0.15) is 27.7 Å². The molecule has 0 unspecified atom stereocenters. The molecule has 0 saturated heterocycles. The fourth-order valence-corrected chi connectivity index (χ4v) is 1.91. The van der Waals surface area contributed by atoms with Crippen molar-refractivity contribution in [3.63, 3.8) is 0 Å². The number of rotatable bonds is 9. The van der Waals surface area contributed by atoms with Crippen LogP contribution in [0, 0.1) is 5.92 Å². The van der Waals surface area contributed by atoms with E-state index in [1.165, 1.54) is 6.92 Å². The van der Waals surface area contributed by atoms with Crippen molar-refractivity contribution in [2.75, 3.05) is 6.61 Å². The summed E-state index contributed by atoms with van der Waals surface area (Å²) in [5, 5.41) is 25.6. The molecule has 0 saturated carbocycles. The number of primary amides is 1. The van der Waals surface area contributed by atoms with E-state index in [4.69, 9.17) is 10.8 Å². The van der Waals surface area contributed by atoms with Crippen molar-refractivity contribution in [3.05, 3.63) is 0 Å². The van der Waals surface area contributed by atoms with E-state index in [1.54, 1.807) is 13.8 Å². The Morgan fingerprint density at radius 1 is 0.958 bits per heavy atom. The van der Waals surface area contributed by atoms with Crippen LogP contribution in [0.25, 0.3) is 0 Å². The lowest BCUT2D eigenvalue weighted by Gasteiger charge is -2.26. The molecule has 0 aliphatic heterocycles. The van der Waals surface area contributed by atoms with Gasteiger partial charge in [0.15, 0.2) is 0 Å². The highest BCUT2D eigenvalue weighted by atomic mass is 16.3. The van der Waals surface area contributed by atoms with Gasteiger partial charge in [-0.3, -0.25) is 19.2 Å². The van der Waals surface area contributed by atoms with Gasteiger partial charge in [-0.2, -0.15) is 0 Å². The molecule has 4 amide bonds. The third kappa shape index (κ3) is 6.92. The zero-order valence-corrected chi connectivity index (χ0v) is 14.2. The minimum atomic E-state index is -1.39. The van der Waals surface area contributed by atoms with Gasteiger partial charge in [0, 0.05) is 6.92 Å². The first-order chi connectivity index (χ1) is 11.0. The van der Waals surface area contributed by atoms with Gasteiger partial charge in [0.1, 0.15) is 18.1 Å². The normalized spacial score (nSPS) is 15.8. The molecule has 24 heavy (non-hydrogen) atoms. The summed E-state index contributed by atoms with van der Waals surface area (Å²) in [4.78, 5) is 46.6. The van der Waals surface area contributed by atoms with Gasteiger partial charge in [-0.1, -0.05) is 13.8 Å². The van der Waals surface area contributed by atoms with E-state index in [-0.39, 0.29) is 5.92 Å². The van der Waals surface area contributed by atoms with E-state index in [0.717, 1.165) is 6.92 Å². The van der Waals surface area contributed by atoms with Gasteiger partial charge in [0.05, 0.1) is 12.7 Å². The van der Waals surface area contributed by atoms with Crippen LogP contribution in [0.2, 0.25) is 0 Å². The number of nitrogens with two attached hydrogens (primary N) is 1. The molecule has 0 aliphatic rings. The molecule has 0 heterocycles. The molecule has 0 spiro atoms. The number of aliphatic hydroxyl groups excluding tert-OH is 2. The summed E-state index contributed by atoms with van der Waals surface area (Å²) in [5.74, 6) is -3.25. The van der Waals surface area contributed by atoms with E-state index in [2.05, 4.69) is 16.0 Å². The Balaban J connectivity index is 5.08. The SMILES string of the molecule is CC(=O)N[C@@H](CO)C(=O)N[C@H](C(=O)N[C@H](C(N)=O)C(C)C)[C@@H](C)O. The quantitative estimate of drug-likeness (QED) is 0.259. The summed E-state index contributed by atoms with van der Waals surface area (Å²) in [6.07, 6.45) is -1.29. The van der Waals surface area contributed by atoms with Gasteiger partial charge in [-0.05, 0) is 12.8 Å². The summed E-state index contributed by atoms with van der Waals surface area (Å²) in [5.41, 5.74) is 5.20. The third-order valence-electron chi connectivity index (χ3n) is 3.21. The molecule has 0 aliphatic carbocycles. The molecular formula is C14H26N4O6. The molecule has 0 fully saturated rings. The lowest BCUT2D eigenvalue weighted by atomic mass is 10.0. The van der Waals surface area contributed by atoms with E-state index >= 15 is 0 Å². The lowest BCUT2D eigenvalue weighted by Crippen LogP contribution is -2.60. The maximum absolute atomic E-state index is 12.2. The molecule has 0 rings (SSSR count). The van der Waals surface area contributed by atoms with E-state index in [1.807, 2.05) is 0 Å². The van der Waals surface area contributed by atoms with Crippen LogP contribution in [-0.4, -0.2) is 64.7 Å². The van der Waals surface area contributed by atoms with Gasteiger partial charge in [0.2, 0.25) is 23.6 Å². The average Bonchev–Trinajstić information content (AvgIpc) is 2.45. The minimum absolute atomic E-state index is 0.290. The highest BCUT2D eigenvalue weighted by molar-refractivity contribution is 5.94. The van der Waals surface area contributed by atoms with Crippen LogP contribution in [0.15, 0.2) is 0 Å². The van der Waals surface area contributed by atoms with E-state index in [9.17, 15) is 24.3 Å². The van der Waals surface area contributed by atoms with E-state index < -0.39 is 54.5 Å². The van der Waals surface area contributed by atoms with Crippen LogP contribution < -0.4 is 21.7 Å². The number of carbonyl (C=O) groups excluding carboxylic acids is 4. The number of carbonyl (C=O) groups is 4. The number of amides is 4. The first-order valence-electron chi connectivity index (χ1n) is 7.47. The standard InChI is InChI=1S/C14H26N4O6/c1-6(2)10(12(15)22)17-14(24)11(7(3)20)18-13(23)9(5-19)16-8(4)21/h6-7,9-11,19-20H,5H2,1-4H3,(H2,15,22)(H,16,21)(H,17,24)(H,18,23)/t7-,9+,10+,11+/m1/s1. The molecule has 10 heteroatoms. The van der Waals surface area contributed by atoms with Gasteiger partial charge < -0.3 is 31.9 Å². The number of nitrogens with one attached hydrogen (secondary N) is 3. The number of aliphatic hydroxyl groups is 2. The molecule has 7 N–H and O–H groups in total. The Hall–Kier alpha value is -2.20. The Kier molecular flexibility index (Phi) is 8.93. The first-order valence-corrected chi connectivity index (χ1v) is 7.47. The topological polar surface area (TPSA) is 171 Å². The Bertz CT molecular complexity index is 480. The molecule has 0 aromatic heterocycles. The summed E-state index contributed by atoms with van der Waals surface area (Å²) in [7, 11) is 0. The largest absolute Gasteiger partial charge is 0.394 e. The summed E-state index contributed by atoms with van der Waals surface area (Å²) >= 11 is 0. The van der Waals surface area contributed by atoms with Gasteiger partial charge >= 0.3 is 0 Å². The highest BCUT2D eigenvalue weighted by Gasteiger charge is 2.32. The van der Waals surface area contributed by atoms with Crippen LogP contribution in [0.3, 0.4) is 0 Å². The predicted octanol–water partition coefficient (Wildman–Crippen LogP) is -3.02. The van der Waals surface area contributed by atoms with Crippen LogP contribution in [0.5, 0.6) is 0 Å². The maximum Gasteiger partial charge on any atom is 0.245 e.